The average molecular weight is 226 g/mol. The number of hydrogen-bond donors (Lipinski definition) is 3. The number of carboxylic acid groups (broad SMARTS) is 1. The molecule has 0 aliphatic rings. The fourth-order valence-electron chi connectivity index (χ4n) is 1.21. The number of furan rings is 1. The Morgan fingerprint density at radius 3 is 2.81 bits per heavy atom. The Labute approximate surface area is 92.4 Å². The summed E-state index contributed by atoms with van der Waals surface area (Å²) in [5, 5.41) is 11.0. The fraction of sp³-hybridized carbons (Fsp3) is 0.400. The third-order valence-corrected chi connectivity index (χ3v) is 2.06. The molecule has 6 nitrogen and oxygen atoms in total. The highest BCUT2D eigenvalue weighted by Crippen LogP contribution is 2.12. The van der Waals surface area contributed by atoms with Crippen LogP contribution < -0.4 is 11.1 Å². The van der Waals surface area contributed by atoms with Crippen molar-refractivity contribution in [1.29, 1.82) is 0 Å². The predicted octanol–water partition coefficient (Wildman–Crippen LogP) is 0.259. The van der Waals surface area contributed by atoms with Crippen LogP contribution in [0.3, 0.4) is 0 Å². The summed E-state index contributed by atoms with van der Waals surface area (Å²) in [6, 6.07) is 2.04. The average Bonchev–Trinajstić information content (AvgIpc) is 2.68. The number of aliphatic carboxylic acids is 1. The van der Waals surface area contributed by atoms with Gasteiger partial charge in [-0.15, -0.1) is 0 Å². The van der Waals surface area contributed by atoms with Gasteiger partial charge in [0.1, 0.15) is 5.76 Å². The van der Waals surface area contributed by atoms with Gasteiger partial charge in [-0.3, -0.25) is 9.59 Å². The van der Waals surface area contributed by atoms with E-state index in [0.29, 0.717) is 5.76 Å². The molecule has 0 aliphatic carbocycles. The molecule has 1 heterocycles. The van der Waals surface area contributed by atoms with Gasteiger partial charge in [-0.2, -0.15) is 0 Å². The molecule has 2 unspecified atom stereocenters. The number of nitrogens with one attached hydrogen (secondary N) is 1. The van der Waals surface area contributed by atoms with Crippen LogP contribution >= 0.6 is 0 Å². The second-order valence-corrected chi connectivity index (χ2v) is 3.45. The third-order valence-electron chi connectivity index (χ3n) is 2.06. The third kappa shape index (κ3) is 3.39. The molecule has 6 heteroatoms. The monoisotopic (exact) mass is 226 g/mol. The van der Waals surface area contributed by atoms with Gasteiger partial charge in [-0.05, 0) is 19.1 Å². The highest BCUT2D eigenvalue weighted by Gasteiger charge is 2.19. The first-order valence-corrected chi connectivity index (χ1v) is 4.82. The number of carbonyl (C=O) groups excluding carboxylic acids is 1. The standard InChI is InChI=1S/C10H14N2O4/c1-6(8-3-2-4-16-8)12-10(15)7(11)5-9(13)14/h2-4,6-7H,5,11H2,1H3,(H,12,15)(H,13,14). The summed E-state index contributed by atoms with van der Waals surface area (Å²) >= 11 is 0. The van der Waals surface area contributed by atoms with Gasteiger partial charge in [-0.1, -0.05) is 0 Å². The summed E-state index contributed by atoms with van der Waals surface area (Å²) < 4.78 is 5.09. The van der Waals surface area contributed by atoms with Gasteiger partial charge in [0.2, 0.25) is 5.91 Å². The van der Waals surface area contributed by atoms with Crippen molar-refractivity contribution in [3.8, 4) is 0 Å². The molecule has 0 bridgehead atoms. The first-order chi connectivity index (χ1) is 7.50. The molecule has 0 fully saturated rings. The lowest BCUT2D eigenvalue weighted by Gasteiger charge is -2.14. The second-order valence-electron chi connectivity index (χ2n) is 3.45. The smallest absolute Gasteiger partial charge is 0.305 e. The van der Waals surface area contributed by atoms with Crippen LogP contribution in [0.5, 0.6) is 0 Å². The Balaban J connectivity index is 2.48. The minimum Gasteiger partial charge on any atom is -0.481 e. The maximum absolute atomic E-state index is 11.4. The van der Waals surface area contributed by atoms with Crippen LogP contribution in [-0.2, 0) is 9.59 Å². The van der Waals surface area contributed by atoms with Gasteiger partial charge in [-0.25, -0.2) is 0 Å². The lowest BCUT2D eigenvalue weighted by Crippen LogP contribution is -2.42. The van der Waals surface area contributed by atoms with Crippen molar-refractivity contribution >= 4 is 11.9 Å². The van der Waals surface area contributed by atoms with E-state index in [0.717, 1.165) is 0 Å². The van der Waals surface area contributed by atoms with Crippen molar-refractivity contribution in [3.63, 3.8) is 0 Å². The maximum atomic E-state index is 11.4. The second kappa shape index (κ2) is 5.32. The summed E-state index contributed by atoms with van der Waals surface area (Å²) in [7, 11) is 0. The zero-order valence-corrected chi connectivity index (χ0v) is 8.84. The van der Waals surface area contributed by atoms with Crippen LogP contribution in [0.2, 0.25) is 0 Å². The molecule has 0 radical (unpaired) electrons. The van der Waals surface area contributed by atoms with Crippen molar-refractivity contribution in [3.05, 3.63) is 24.2 Å². The van der Waals surface area contributed by atoms with Crippen LogP contribution in [0.1, 0.15) is 25.1 Å². The van der Waals surface area contributed by atoms with Crippen LogP contribution in [0.4, 0.5) is 0 Å². The lowest BCUT2D eigenvalue weighted by molar-refractivity contribution is -0.139. The Bertz CT molecular complexity index is 361. The molecule has 0 aromatic carbocycles. The van der Waals surface area contributed by atoms with E-state index < -0.39 is 24.3 Å². The summed E-state index contributed by atoms with van der Waals surface area (Å²) in [6.07, 6.45) is 1.10. The first kappa shape index (κ1) is 12.3. The van der Waals surface area contributed by atoms with Crippen molar-refractivity contribution in [2.45, 2.75) is 25.4 Å². The molecule has 0 aliphatic heterocycles. The fourth-order valence-corrected chi connectivity index (χ4v) is 1.21. The van der Waals surface area contributed by atoms with Gasteiger partial charge < -0.3 is 20.6 Å². The largest absolute Gasteiger partial charge is 0.481 e. The molecular weight excluding hydrogens is 212 g/mol. The van der Waals surface area contributed by atoms with E-state index in [-0.39, 0.29) is 6.04 Å². The van der Waals surface area contributed by atoms with Gasteiger partial charge in [0.15, 0.2) is 0 Å². The van der Waals surface area contributed by atoms with Crippen LogP contribution in [0.25, 0.3) is 0 Å². The van der Waals surface area contributed by atoms with E-state index in [4.69, 9.17) is 15.3 Å². The number of carboxylic acids is 1. The Morgan fingerprint density at radius 1 is 1.62 bits per heavy atom. The van der Waals surface area contributed by atoms with E-state index in [1.54, 1.807) is 19.1 Å². The molecule has 0 saturated heterocycles. The lowest BCUT2D eigenvalue weighted by atomic mass is 10.2. The molecule has 1 aromatic heterocycles. The summed E-state index contributed by atoms with van der Waals surface area (Å²) in [6.45, 7) is 1.73. The number of amides is 1. The van der Waals surface area contributed by atoms with Gasteiger partial charge in [0.25, 0.3) is 0 Å². The zero-order valence-electron chi connectivity index (χ0n) is 8.84. The normalized spacial score (nSPS) is 14.1. The molecule has 1 amide bonds. The van der Waals surface area contributed by atoms with Gasteiger partial charge in [0, 0.05) is 0 Å². The topological polar surface area (TPSA) is 106 Å². The van der Waals surface area contributed by atoms with E-state index in [9.17, 15) is 9.59 Å². The van der Waals surface area contributed by atoms with Crippen molar-refractivity contribution < 1.29 is 19.1 Å². The molecular formula is C10H14N2O4. The first-order valence-electron chi connectivity index (χ1n) is 4.82. The molecule has 1 rings (SSSR count). The van der Waals surface area contributed by atoms with Crippen molar-refractivity contribution in [2.24, 2.45) is 5.73 Å². The summed E-state index contributed by atoms with van der Waals surface area (Å²) in [5.41, 5.74) is 5.40. The summed E-state index contributed by atoms with van der Waals surface area (Å²) in [4.78, 5) is 21.8. The molecule has 2 atom stereocenters. The zero-order chi connectivity index (χ0) is 12.1. The van der Waals surface area contributed by atoms with E-state index in [1.807, 2.05) is 0 Å². The van der Waals surface area contributed by atoms with Crippen LogP contribution in [0.15, 0.2) is 22.8 Å². The highest BCUT2D eigenvalue weighted by molar-refractivity contribution is 5.86. The molecule has 4 N–H and O–H groups in total. The predicted molar refractivity (Wildman–Crippen MR) is 55.5 cm³/mol. The number of rotatable bonds is 5. The number of carbonyl (C=O) groups is 2. The Hall–Kier alpha value is -1.82. The van der Waals surface area contributed by atoms with E-state index in [1.165, 1.54) is 6.26 Å². The highest BCUT2D eigenvalue weighted by atomic mass is 16.4. The Kier molecular flexibility index (Phi) is 4.07. The SMILES string of the molecule is CC(NC(=O)C(N)CC(=O)O)c1ccco1. The minimum absolute atomic E-state index is 0.331. The Morgan fingerprint density at radius 2 is 2.31 bits per heavy atom. The summed E-state index contributed by atoms with van der Waals surface area (Å²) in [5.74, 6) is -1.02. The van der Waals surface area contributed by atoms with Crippen molar-refractivity contribution in [2.75, 3.05) is 0 Å². The van der Waals surface area contributed by atoms with Gasteiger partial charge in [0.05, 0.1) is 24.8 Å². The molecule has 16 heavy (non-hydrogen) atoms. The van der Waals surface area contributed by atoms with E-state index in [2.05, 4.69) is 5.32 Å². The molecule has 88 valence electrons. The van der Waals surface area contributed by atoms with Crippen LogP contribution in [0, 0.1) is 0 Å². The molecule has 0 spiro atoms. The minimum atomic E-state index is -1.10. The molecule has 1 aromatic rings. The maximum Gasteiger partial charge on any atom is 0.305 e. The number of hydrogen-bond acceptors (Lipinski definition) is 4. The van der Waals surface area contributed by atoms with Crippen LogP contribution in [-0.4, -0.2) is 23.0 Å². The van der Waals surface area contributed by atoms with Crippen molar-refractivity contribution in [1.82, 2.24) is 5.32 Å². The van der Waals surface area contributed by atoms with Gasteiger partial charge >= 0.3 is 5.97 Å². The van der Waals surface area contributed by atoms with E-state index >= 15 is 0 Å². The number of nitrogens with two attached hydrogens (primary N) is 1. The molecule has 0 saturated carbocycles. The quantitative estimate of drug-likeness (QED) is 0.667.